The normalized spacial score (nSPS) is 10.3. The van der Waals surface area contributed by atoms with Gasteiger partial charge >= 0.3 is 5.97 Å². The smallest absolute Gasteiger partial charge is 0.305 e. The van der Waals surface area contributed by atoms with Crippen molar-refractivity contribution in [3.05, 3.63) is 38.3 Å². The molecule has 0 radical (unpaired) electrons. The van der Waals surface area contributed by atoms with Crippen molar-refractivity contribution in [2.45, 2.75) is 26.3 Å². The van der Waals surface area contributed by atoms with Crippen LogP contribution in [0, 0.1) is 10.1 Å². The Morgan fingerprint density at radius 2 is 2.25 bits per heavy atom. The van der Waals surface area contributed by atoms with Gasteiger partial charge in [-0.2, -0.15) is 0 Å². The van der Waals surface area contributed by atoms with E-state index < -0.39 is 4.92 Å². The molecule has 0 unspecified atom stereocenters. The van der Waals surface area contributed by atoms with Gasteiger partial charge in [-0.3, -0.25) is 14.9 Å². The van der Waals surface area contributed by atoms with E-state index in [1.807, 2.05) is 0 Å². The molecule has 1 aromatic carbocycles. The molecule has 0 atom stereocenters. The van der Waals surface area contributed by atoms with Crippen LogP contribution in [-0.2, 0) is 16.1 Å². The summed E-state index contributed by atoms with van der Waals surface area (Å²) in [6.07, 6.45) is 0.992. The highest BCUT2D eigenvalue weighted by Crippen LogP contribution is 2.23. The van der Waals surface area contributed by atoms with Crippen LogP contribution < -0.4 is 5.32 Å². The number of rotatable bonds is 8. The lowest BCUT2D eigenvalue weighted by molar-refractivity contribution is -0.385. The number of benzene rings is 1. The van der Waals surface area contributed by atoms with E-state index >= 15 is 0 Å². The first-order valence-electron chi connectivity index (χ1n) is 6.33. The molecule has 0 aliphatic rings. The highest BCUT2D eigenvalue weighted by Gasteiger charge is 2.13. The largest absolute Gasteiger partial charge is 0.466 e. The molecule has 0 aliphatic carbocycles. The lowest BCUT2D eigenvalue weighted by atomic mass is 10.2. The van der Waals surface area contributed by atoms with Gasteiger partial charge in [-0.1, -0.05) is 15.9 Å². The molecule has 0 spiro atoms. The Bertz CT molecular complexity index is 479. The minimum atomic E-state index is -0.402. The number of nitrogens with one attached hydrogen (secondary N) is 1. The molecule has 1 rings (SSSR count). The van der Waals surface area contributed by atoms with Gasteiger partial charge in [-0.25, -0.2) is 0 Å². The second kappa shape index (κ2) is 8.65. The number of nitro groups is 1. The first kappa shape index (κ1) is 16.6. The van der Waals surface area contributed by atoms with Crippen LogP contribution in [0.2, 0.25) is 0 Å². The SMILES string of the molecule is CCOC(=O)CCCNCc1ccc(Br)cc1[N+](=O)[O-]. The molecule has 0 bridgehead atoms. The fourth-order valence-electron chi connectivity index (χ4n) is 1.67. The molecule has 1 aromatic rings. The van der Waals surface area contributed by atoms with Gasteiger partial charge in [0.05, 0.1) is 11.5 Å². The zero-order valence-corrected chi connectivity index (χ0v) is 12.8. The molecule has 0 heterocycles. The second-order valence-electron chi connectivity index (χ2n) is 4.12. The average molecular weight is 345 g/mol. The first-order chi connectivity index (χ1) is 9.54. The van der Waals surface area contributed by atoms with E-state index in [0.717, 1.165) is 0 Å². The van der Waals surface area contributed by atoms with E-state index in [9.17, 15) is 14.9 Å². The van der Waals surface area contributed by atoms with Crippen LogP contribution in [0.15, 0.2) is 22.7 Å². The van der Waals surface area contributed by atoms with E-state index in [2.05, 4.69) is 21.2 Å². The third-order valence-corrected chi connectivity index (χ3v) is 3.09. The quantitative estimate of drug-likeness (QED) is 0.339. The zero-order chi connectivity index (χ0) is 15.0. The molecule has 0 amide bonds. The molecule has 0 saturated carbocycles. The predicted molar refractivity (Wildman–Crippen MR) is 78.4 cm³/mol. The molecule has 0 fully saturated rings. The number of hydrogen-bond acceptors (Lipinski definition) is 5. The van der Waals surface area contributed by atoms with Gasteiger partial charge in [0.1, 0.15) is 0 Å². The predicted octanol–water partition coefficient (Wildman–Crippen LogP) is 2.79. The van der Waals surface area contributed by atoms with Crippen molar-refractivity contribution in [1.82, 2.24) is 5.32 Å². The molecule has 0 saturated heterocycles. The Morgan fingerprint density at radius 1 is 1.50 bits per heavy atom. The second-order valence-corrected chi connectivity index (χ2v) is 5.03. The van der Waals surface area contributed by atoms with Gasteiger partial charge in [0.25, 0.3) is 5.69 Å². The molecule has 7 heteroatoms. The van der Waals surface area contributed by atoms with Crippen LogP contribution in [0.25, 0.3) is 0 Å². The summed E-state index contributed by atoms with van der Waals surface area (Å²) in [6, 6.07) is 4.96. The number of carbonyl (C=O) groups excluding carboxylic acids is 1. The number of hydrogen-bond donors (Lipinski definition) is 1. The van der Waals surface area contributed by atoms with Crippen LogP contribution in [-0.4, -0.2) is 24.0 Å². The maximum absolute atomic E-state index is 11.1. The summed E-state index contributed by atoms with van der Waals surface area (Å²) in [5.41, 5.74) is 0.701. The van der Waals surface area contributed by atoms with Gasteiger partial charge in [0.15, 0.2) is 0 Å². The van der Waals surface area contributed by atoms with Crippen LogP contribution in [0.4, 0.5) is 5.69 Å². The summed E-state index contributed by atoms with van der Waals surface area (Å²) in [6.45, 7) is 3.15. The van der Waals surface area contributed by atoms with E-state index in [1.54, 1.807) is 19.1 Å². The van der Waals surface area contributed by atoms with Gasteiger partial charge in [-0.05, 0) is 32.0 Å². The molecule has 1 N–H and O–H groups in total. The maximum Gasteiger partial charge on any atom is 0.305 e. The van der Waals surface area contributed by atoms with Crippen LogP contribution in [0.3, 0.4) is 0 Å². The molecule has 110 valence electrons. The summed E-state index contributed by atoms with van der Waals surface area (Å²) >= 11 is 3.21. The molecule has 0 aromatic heterocycles. The molecule has 0 aliphatic heterocycles. The van der Waals surface area contributed by atoms with Crippen molar-refractivity contribution < 1.29 is 14.5 Å². The highest BCUT2D eigenvalue weighted by atomic mass is 79.9. The van der Waals surface area contributed by atoms with Gasteiger partial charge in [0, 0.05) is 29.1 Å². The highest BCUT2D eigenvalue weighted by molar-refractivity contribution is 9.10. The Balaban J connectivity index is 2.39. The van der Waals surface area contributed by atoms with E-state index in [0.29, 0.717) is 42.6 Å². The topological polar surface area (TPSA) is 81.5 Å². The molecular formula is C13H17BrN2O4. The zero-order valence-electron chi connectivity index (χ0n) is 11.2. The number of halogens is 1. The van der Waals surface area contributed by atoms with Crippen molar-refractivity contribution in [3.8, 4) is 0 Å². The number of carbonyl (C=O) groups is 1. The summed E-state index contributed by atoms with van der Waals surface area (Å²) in [5.74, 6) is -0.219. The number of ether oxygens (including phenoxy) is 1. The van der Waals surface area contributed by atoms with Crippen LogP contribution >= 0.6 is 15.9 Å². The van der Waals surface area contributed by atoms with Crippen molar-refractivity contribution in [3.63, 3.8) is 0 Å². The van der Waals surface area contributed by atoms with E-state index in [-0.39, 0.29) is 11.7 Å². The summed E-state index contributed by atoms with van der Waals surface area (Å²) in [7, 11) is 0. The van der Waals surface area contributed by atoms with Crippen LogP contribution in [0.5, 0.6) is 0 Å². The Kier molecular flexibility index (Phi) is 7.17. The van der Waals surface area contributed by atoms with Crippen LogP contribution in [0.1, 0.15) is 25.3 Å². The molecular weight excluding hydrogens is 328 g/mol. The summed E-state index contributed by atoms with van der Waals surface area (Å²) in [5, 5.41) is 14.0. The fourth-order valence-corrected chi connectivity index (χ4v) is 2.02. The average Bonchev–Trinajstić information content (AvgIpc) is 2.40. The third kappa shape index (κ3) is 5.66. The Labute approximate surface area is 125 Å². The van der Waals surface area contributed by atoms with Gasteiger partial charge in [0.2, 0.25) is 0 Å². The lowest BCUT2D eigenvalue weighted by Gasteiger charge is -2.06. The minimum absolute atomic E-state index is 0.0808. The van der Waals surface area contributed by atoms with Gasteiger partial charge < -0.3 is 10.1 Å². The first-order valence-corrected chi connectivity index (χ1v) is 7.13. The molecule has 6 nitrogen and oxygen atoms in total. The van der Waals surface area contributed by atoms with Crippen molar-refractivity contribution >= 4 is 27.6 Å². The number of nitro benzene ring substituents is 1. The number of esters is 1. The third-order valence-electron chi connectivity index (χ3n) is 2.60. The van der Waals surface area contributed by atoms with E-state index in [4.69, 9.17) is 4.74 Å². The van der Waals surface area contributed by atoms with E-state index in [1.165, 1.54) is 6.07 Å². The summed E-state index contributed by atoms with van der Waals surface area (Å²) in [4.78, 5) is 21.6. The summed E-state index contributed by atoms with van der Waals surface area (Å²) < 4.78 is 5.49. The minimum Gasteiger partial charge on any atom is -0.466 e. The van der Waals surface area contributed by atoms with Crippen molar-refractivity contribution in [2.24, 2.45) is 0 Å². The monoisotopic (exact) mass is 344 g/mol. The van der Waals surface area contributed by atoms with Gasteiger partial charge in [-0.15, -0.1) is 0 Å². The Hall–Kier alpha value is -1.47. The maximum atomic E-state index is 11.1. The molecule has 20 heavy (non-hydrogen) atoms. The fraction of sp³-hybridized carbons (Fsp3) is 0.462. The lowest BCUT2D eigenvalue weighted by Crippen LogP contribution is -2.17. The van der Waals surface area contributed by atoms with Crippen molar-refractivity contribution in [1.29, 1.82) is 0 Å². The van der Waals surface area contributed by atoms with Crippen molar-refractivity contribution in [2.75, 3.05) is 13.2 Å². The number of nitrogens with zero attached hydrogens (tertiary/aromatic N) is 1. The standard InChI is InChI=1S/C13H17BrN2O4/c1-2-20-13(17)4-3-7-15-9-10-5-6-11(14)8-12(10)16(18)19/h5-6,8,15H,2-4,7,9H2,1H3. The Morgan fingerprint density at radius 3 is 2.90 bits per heavy atom.